The molecule has 6 heteroatoms. The first kappa shape index (κ1) is 24.0. The quantitative estimate of drug-likeness (QED) is 0.209. The molecule has 2 unspecified atom stereocenters. The first-order valence-corrected chi connectivity index (χ1v) is 14.8. The Bertz CT molecular complexity index is 969. The molecule has 4 fully saturated rings. The second-order valence-corrected chi connectivity index (χ2v) is 13.7. The van der Waals surface area contributed by atoms with Gasteiger partial charge in [0.25, 0.3) is 0 Å². The summed E-state index contributed by atoms with van der Waals surface area (Å²) in [6, 6.07) is 6.37. The Labute approximate surface area is 213 Å². The molecule has 0 heterocycles. The number of carbonyl (C=O) groups excluding carboxylic acids is 1. The van der Waals surface area contributed by atoms with Gasteiger partial charge in [0.1, 0.15) is 5.75 Å². The maximum absolute atomic E-state index is 12.8. The van der Waals surface area contributed by atoms with Gasteiger partial charge in [-0.05, 0) is 135 Å². The van der Waals surface area contributed by atoms with E-state index in [0.29, 0.717) is 52.9 Å². The fourth-order valence-corrected chi connectivity index (χ4v) is 10.1. The summed E-state index contributed by atoms with van der Waals surface area (Å²) < 4.78 is 8.92. The van der Waals surface area contributed by atoms with Crippen LogP contribution in [0.4, 0.5) is 0 Å². The van der Waals surface area contributed by atoms with Gasteiger partial charge in [-0.1, -0.05) is 13.0 Å². The summed E-state index contributed by atoms with van der Waals surface area (Å²) in [6.45, 7) is 2.32. The number of hydrogen-bond acceptors (Lipinski definition) is 6. The van der Waals surface area contributed by atoms with Crippen LogP contribution in [0.15, 0.2) is 22.8 Å². The fourth-order valence-electron chi connectivity index (χ4n) is 9.24. The van der Waals surface area contributed by atoms with E-state index in [1.807, 2.05) is 6.07 Å². The van der Waals surface area contributed by atoms with Crippen molar-refractivity contribution in [2.24, 2.45) is 39.6 Å². The standard InChI is InChI=1S/C29H39NO4S/c1-29-9-8-24-23-5-3-21(16-20(23)2-4-25(24)26(29)6-7-27(29)31)34-28(32)15-19-11-17-10-18(12-19)14-22(13-17)35-30-33/h3,5,16-19,22,24-27,31H,2,4,6-15H2,1H3/t17?,18?,19?,22?,24-,25-,26+,27+,29+/m1/s1. The van der Waals surface area contributed by atoms with Crippen molar-refractivity contribution in [3.05, 3.63) is 34.2 Å². The predicted octanol–water partition coefficient (Wildman–Crippen LogP) is 6.81. The summed E-state index contributed by atoms with van der Waals surface area (Å²) in [5.74, 6) is 4.15. The second-order valence-electron chi connectivity index (χ2n) is 12.7. The Balaban J connectivity index is 1.07. The van der Waals surface area contributed by atoms with Gasteiger partial charge in [-0.15, -0.1) is 4.91 Å². The third kappa shape index (κ3) is 4.47. The van der Waals surface area contributed by atoms with E-state index in [4.69, 9.17) is 4.74 Å². The number of carbonyl (C=O) groups is 1. The fraction of sp³-hybridized carbons (Fsp3) is 0.759. The van der Waals surface area contributed by atoms with Crippen LogP contribution in [-0.4, -0.2) is 22.4 Å². The third-order valence-electron chi connectivity index (χ3n) is 10.7. The number of hydrogen-bond donors (Lipinski definition) is 1. The minimum Gasteiger partial charge on any atom is -0.427 e. The van der Waals surface area contributed by atoms with E-state index in [1.54, 1.807) is 0 Å². The van der Waals surface area contributed by atoms with Gasteiger partial charge in [0.2, 0.25) is 0 Å². The monoisotopic (exact) mass is 497 g/mol. The Morgan fingerprint density at radius 2 is 1.91 bits per heavy atom. The highest BCUT2D eigenvalue weighted by Gasteiger charge is 2.54. The number of benzene rings is 1. The van der Waals surface area contributed by atoms with Crippen LogP contribution in [0.3, 0.4) is 0 Å². The van der Waals surface area contributed by atoms with Gasteiger partial charge in [0, 0.05) is 28.2 Å². The number of nitrogens with zero attached hydrogens (tertiary/aromatic N) is 1. The largest absolute Gasteiger partial charge is 0.427 e. The van der Waals surface area contributed by atoms with Crippen molar-refractivity contribution < 1.29 is 14.6 Å². The minimum absolute atomic E-state index is 0.0996. The normalized spacial score (nSPS) is 41.9. The van der Waals surface area contributed by atoms with Crippen molar-refractivity contribution in [1.29, 1.82) is 0 Å². The lowest BCUT2D eigenvalue weighted by Gasteiger charge is -2.50. The van der Waals surface area contributed by atoms with Crippen molar-refractivity contribution in [3.8, 4) is 5.75 Å². The second kappa shape index (κ2) is 9.48. The molecule has 5 aliphatic carbocycles. The number of esters is 1. The van der Waals surface area contributed by atoms with Crippen LogP contribution < -0.4 is 4.74 Å². The van der Waals surface area contributed by atoms with E-state index in [9.17, 15) is 14.8 Å². The van der Waals surface area contributed by atoms with Gasteiger partial charge >= 0.3 is 5.97 Å². The molecule has 1 aromatic carbocycles. The molecule has 190 valence electrons. The van der Waals surface area contributed by atoms with Crippen molar-refractivity contribution in [1.82, 2.24) is 0 Å². The van der Waals surface area contributed by atoms with Gasteiger partial charge in [-0.25, -0.2) is 0 Å². The highest BCUT2D eigenvalue weighted by molar-refractivity contribution is 7.98. The van der Waals surface area contributed by atoms with Crippen LogP contribution in [-0.2, 0) is 11.2 Å². The van der Waals surface area contributed by atoms with Crippen LogP contribution in [0.1, 0.15) is 94.6 Å². The smallest absolute Gasteiger partial charge is 0.311 e. The van der Waals surface area contributed by atoms with E-state index < -0.39 is 0 Å². The Morgan fingerprint density at radius 3 is 2.69 bits per heavy atom. The zero-order valence-corrected chi connectivity index (χ0v) is 21.7. The Morgan fingerprint density at radius 1 is 1.11 bits per heavy atom. The number of aliphatic hydroxyl groups excluding tert-OH is 1. The minimum atomic E-state index is -0.131. The molecule has 0 saturated heterocycles. The summed E-state index contributed by atoms with van der Waals surface area (Å²) >= 11 is 1.21. The van der Waals surface area contributed by atoms with Crippen LogP contribution in [0.25, 0.3) is 0 Å². The highest BCUT2D eigenvalue weighted by Crippen LogP contribution is 2.61. The Kier molecular flexibility index (Phi) is 6.49. The van der Waals surface area contributed by atoms with E-state index in [-0.39, 0.29) is 17.5 Å². The highest BCUT2D eigenvalue weighted by atomic mass is 32.2. The molecule has 0 spiro atoms. The molecule has 0 amide bonds. The molecule has 0 aromatic heterocycles. The van der Waals surface area contributed by atoms with Crippen molar-refractivity contribution in [3.63, 3.8) is 0 Å². The maximum Gasteiger partial charge on any atom is 0.311 e. The van der Waals surface area contributed by atoms with Crippen LogP contribution >= 0.6 is 11.9 Å². The molecule has 5 nitrogen and oxygen atoms in total. The van der Waals surface area contributed by atoms with E-state index in [2.05, 4.69) is 23.6 Å². The molecule has 1 aromatic rings. The van der Waals surface area contributed by atoms with E-state index in [0.717, 1.165) is 51.4 Å². The van der Waals surface area contributed by atoms with Gasteiger partial charge in [0.05, 0.1) is 6.10 Å². The van der Waals surface area contributed by atoms with Crippen LogP contribution in [0, 0.1) is 39.9 Å². The molecule has 7 atom stereocenters. The summed E-state index contributed by atoms with van der Waals surface area (Å²) in [7, 11) is 0. The molecular weight excluding hydrogens is 458 g/mol. The van der Waals surface area contributed by atoms with Crippen LogP contribution in [0.5, 0.6) is 5.75 Å². The predicted molar refractivity (Wildman–Crippen MR) is 138 cm³/mol. The summed E-state index contributed by atoms with van der Waals surface area (Å²) in [5, 5.41) is 11.0. The number of nitroso groups, excluding NO2 is 1. The molecule has 4 saturated carbocycles. The molecule has 5 aliphatic rings. The third-order valence-corrected chi connectivity index (χ3v) is 11.5. The number of fused-ring (bicyclic) bond motifs is 7. The topological polar surface area (TPSA) is 76.0 Å². The Hall–Kier alpha value is -1.40. The van der Waals surface area contributed by atoms with Crippen LogP contribution in [0.2, 0.25) is 0 Å². The van der Waals surface area contributed by atoms with Gasteiger partial charge in [-0.3, -0.25) is 4.79 Å². The zero-order valence-electron chi connectivity index (χ0n) is 20.9. The molecule has 0 aliphatic heterocycles. The number of rotatable bonds is 5. The zero-order chi connectivity index (χ0) is 24.2. The van der Waals surface area contributed by atoms with Crippen molar-refractivity contribution in [2.75, 3.05) is 0 Å². The SMILES string of the molecule is C[C@]12CC[C@@H]3c4ccc(OC(=O)CC5CC6CC(C5)CC(SN=O)C6)cc4CC[C@H]3[C@@H]1CC[C@@H]2O. The number of aryl methyl sites for hydroxylation is 1. The number of ether oxygens (including phenoxy) is 1. The average molecular weight is 498 g/mol. The van der Waals surface area contributed by atoms with E-state index in [1.165, 1.54) is 42.3 Å². The molecule has 2 bridgehead atoms. The summed E-state index contributed by atoms with van der Waals surface area (Å²) in [6.07, 6.45) is 12.5. The number of aliphatic hydroxyl groups is 1. The van der Waals surface area contributed by atoms with Gasteiger partial charge in [-0.2, -0.15) is 0 Å². The lowest BCUT2D eigenvalue weighted by molar-refractivity contribution is -0.136. The maximum atomic E-state index is 12.8. The van der Waals surface area contributed by atoms with Gasteiger partial charge < -0.3 is 9.84 Å². The van der Waals surface area contributed by atoms with E-state index >= 15 is 0 Å². The summed E-state index contributed by atoms with van der Waals surface area (Å²) in [4.78, 5) is 23.5. The molecular formula is C29H39NO4S. The van der Waals surface area contributed by atoms with Crippen molar-refractivity contribution >= 4 is 17.9 Å². The average Bonchev–Trinajstić information content (AvgIpc) is 3.13. The van der Waals surface area contributed by atoms with Crippen molar-refractivity contribution in [2.45, 2.75) is 101 Å². The lowest BCUT2D eigenvalue weighted by Crippen LogP contribution is -2.43. The first-order chi connectivity index (χ1) is 16.9. The van der Waals surface area contributed by atoms with Gasteiger partial charge in [0.15, 0.2) is 0 Å². The summed E-state index contributed by atoms with van der Waals surface area (Å²) in [5.41, 5.74) is 2.93. The molecule has 6 rings (SSSR count). The molecule has 35 heavy (non-hydrogen) atoms. The first-order valence-electron chi connectivity index (χ1n) is 13.9. The lowest BCUT2D eigenvalue weighted by atomic mass is 9.55. The molecule has 0 radical (unpaired) electrons. The molecule has 1 N–H and O–H groups in total.